The van der Waals surface area contributed by atoms with Gasteiger partial charge in [-0.25, -0.2) is 4.79 Å². The molecule has 1 aliphatic rings. The van der Waals surface area contributed by atoms with Crippen LogP contribution in [-0.4, -0.2) is 11.9 Å². The molecule has 0 atom stereocenters. The van der Waals surface area contributed by atoms with Gasteiger partial charge < -0.3 is 16.0 Å². The van der Waals surface area contributed by atoms with E-state index in [9.17, 15) is 9.59 Å². The lowest BCUT2D eigenvalue weighted by Crippen LogP contribution is -2.28. The van der Waals surface area contributed by atoms with Crippen molar-refractivity contribution in [2.75, 3.05) is 10.6 Å². The van der Waals surface area contributed by atoms with Crippen LogP contribution in [0.25, 0.3) is 0 Å². The van der Waals surface area contributed by atoms with E-state index in [1.165, 1.54) is 0 Å². The standard InChI is InChI=1S/C16H15N3O2/c20-15-9-12-8-11(6-7-14(12)19-15)10-17-16(21)18-13-4-2-1-3-5-13/h1-8H,9-10H2,(H,19,20)(H2,17,18,21). The molecule has 0 bridgehead atoms. The van der Waals surface area contributed by atoms with Gasteiger partial charge in [0, 0.05) is 17.9 Å². The highest BCUT2D eigenvalue weighted by Crippen LogP contribution is 2.23. The van der Waals surface area contributed by atoms with Gasteiger partial charge in [-0.1, -0.05) is 30.3 Å². The second kappa shape index (κ2) is 5.66. The maximum Gasteiger partial charge on any atom is 0.319 e. The Morgan fingerprint density at radius 1 is 1.14 bits per heavy atom. The predicted octanol–water partition coefficient (Wildman–Crippen LogP) is 2.50. The van der Waals surface area contributed by atoms with Crippen LogP contribution in [0, 0.1) is 0 Å². The van der Waals surface area contributed by atoms with Gasteiger partial charge in [0.05, 0.1) is 6.42 Å². The second-order valence-electron chi connectivity index (χ2n) is 4.89. The monoisotopic (exact) mass is 281 g/mol. The van der Waals surface area contributed by atoms with Crippen molar-refractivity contribution in [3.8, 4) is 0 Å². The van der Waals surface area contributed by atoms with Gasteiger partial charge in [-0.2, -0.15) is 0 Å². The van der Waals surface area contributed by atoms with E-state index in [1.54, 1.807) is 0 Å². The molecule has 1 aliphatic heterocycles. The number of carbonyl (C=O) groups excluding carboxylic acids is 2. The number of carbonyl (C=O) groups is 2. The Balaban J connectivity index is 1.57. The summed E-state index contributed by atoms with van der Waals surface area (Å²) in [5.74, 6) is 0.0110. The Morgan fingerprint density at radius 3 is 2.76 bits per heavy atom. The topological polar surface area (TPSA) is 70.2 Å². The molecule has 3 N–H and O–H groups in total. The van der Waals surface area contributed by atoms with E-state index >= 15 is 0 Å². The molecule has 0 aromatic heterocycles. The molecule has 21 heavy (non-hydrogen) atoms. The fourth-order valence-corrected chi connectivity index (χ4v) is 2.27. The predicted molar refractivity (Wildman–Crippen MR) is 81.1 cm³/mol. The second-order valence-corrected chi connectivity index (χ2v) is 4.89. The Bertz CT molecular complexity index is 683. The van der Waals surface area contributed by atoms with Crippen LogP contribution in [0.2, 0.25) is 0 Å². The molecule has 0 unspecified atom stereocenters. The van der Waals surface area contributed by atoms with E-state index in [0.717, 1.165) is 22.5 Å². The summed E-state index contributed by atoms with van der Waals surface area (Å²) in [5, 5.41) is 8.33. The fraction of sp³-hybridized carbons (Fsp3) is 0.125. The van der Waals surface area contributed by atoms with Gasteiger partial charge in [0.15, 0.2) is 0 Å². The minimum atomic E-state index is -0.254. The number of para-hydroxylation sites is 1. The summed E-state index contributed by atoms with van der Waals surface area (Å²) in [6.45, 7) is 0.417. The molecule has 1 heterocycles. The average molecular weight is 281 g/mol. The molecule has 0 spiro atoms. The first-order valence-electron chi connectivity index (χ1n) is 6.72. The van der Waals surface area contributed by atoms with Crippen molar-refractivity contribution < 1.29 is 9.59 Å². The third kappa shape index (κ3) is 3.20. The average Bonchev–Trinajstić information content (AvgIpc) is 2.85. The Morgan fingerprint density at radius 2 is 1.95 bits per heavy atom. The summed E-state index contributed by atoms with van der Waals surface area (Å²) in [6.07, 6.45) is 0.402. The van der Waals surface area contributed by atoms with Crippen LogP contribution in [0.4, 0.5) is 16.2 Å². The SMILES string of the molecule is O=C1Cc2cc(CNC(=O)Nc3ccccc3)ccc2N1. The Hall–Kier alpha value is -2.82. The van der Waals surface area contributed by atoms with E-state index in [-0.39, 0.29) is 11.9 Å². The normalized spacial score (nSPS) is 12.5. The van der Waals surface area contributed by atoms with Crippen molar-refractivity contribution >= 4 is 23.3 Å². The lowest BCUT2D eigenvalue weighted by molar-refractivity contribution is -0.115. The molecule has 0 radical (unpaired) electrons. The summed E-state index contributed by atoms with van der Waals surface area (Å²) < 4.78 is 0. The van der Waals surface area contributed by atoms with E-state index < -0.39 is 0 Å². The number of nitrogens with one attached hydrogen (secondary N) is 3. The molecule has 0 fully saturated rings. The van der Waals surface area contributed by atoms with Gasteiger partial charge in [-0.3, -0.25) is 4.79 Å². The molecule has 3 amide bonds. The summed E-state index contributed by atoms with van der Waals surface area (Å²) in [6, 6.07) is 14.7. The van der Waals surface area contributed by atoms with Crippen LogP contribution in [0.15, 0.2) is 48.5 Å². The van der Waals surface area contributed by atoms with Gasteiger partial charge in [-0.15, -0.1) is 0 Å². The number of urea groups is 1. The fourth-order valence-electron chi connectivity index (χ4n) is 2.27. The van der Waals surface area contributed by atoms with Crippen LogP contribution < -0.4 is 16.0 Å². The number of amides is 3. The number of anilines is 2. The van der Waals surface area contributed by atoms with Crippen molar-refractivity contribution in [1.29, 1.82) is 0 Å². The number of hydrogen-bond donors (Lipinski definition) is 3. The van der Waals surface area contributed by atoms with Crippen molar-refractivity contribution in [1.82, 2.24) is 5.32 Å². The van der Waals surface area contributed by atoms with Crippen LogP contribution in [0.5, 0.6) is 0 Å². The minimum Gasteiger partial charge on any atom is -0.334 e. The third-order valence-electron chi connectivity index (χ3n) is 3.28. The molecule has 2 aromatic rings. The number of fused-ring (bicyclic) bond motifs is 1. The lowest BCUT2D eigenvalue weighted by atomic mass is 10.1. The van der Waals surface area contributed by atoms with Crippen molar-refractivity contribution in [2.45, 2.75) is 13.0 Å². The quantitative estimate of drug-likeness (QED) is 0.809. The van der Waals surface area contributed by atoms with E-state index in [2.05, 4.69) is 16.0 Å². The zero-order chi connectivity index (χ0) is 14.7. The molecule has 0 saturated heterocycles. The maximum absolute atomic E-state index is 11.8. The number of benzene rings is 2. The summed E-state index contributed by atoms with van der Waals surface area (Å²) in [4.78, 5) is 23.1. The molecule has 106 valence electrons. The summed E-state index contributed by atoms with van der Waals surface area (Å²) in [5.41, 5.74) is 3.55. The molecule has 3 rings (SSSR count). The first kappa shape index (κ1) is 13.2. The largest absolute Gasteiger partial charge is 0.334 e. The first-order chi connectivity index (χ1) is 10.2. The zero-order valence-corrected chi connectivity index (χ0v) is 11.3. The lowest BCUT2D eigenvalue weighted by Gasteiger charge is -2.08. The summed E-state index contributed by atoms with van der Waals surface area (Å²) >= 11 is 0. The number of hydrogen-bond acceptors (Lipinski definition) is 2. The molecule has 0 aliphatic carbocycles. The van der Waals surface area contributed by atoms with Gasteiger partial charge in [0.1, 0.15) is 0 Å². The molecular weight excluding hydrogens is 266 g/mol. The first-order valence-corrected chi connectivity index (χ1v) is 6.72. The van der Waals surface area contributed by atoms with Gasteiger partial charge in [-0.05, 0) is 29.3 Å². The van der Waals surface area contributed by atoms with Crippen molar-refractivity contribution in [2.24, 2.45) is 0 Å². The van der Waals surface area contributed by atoms with Crippen molar-refractivity contribution in [3.63, 3.8) is 0 Å². The van der Waals surface area contributed by atoms with Crippen LogP contribution in [-0.2, 0) is 17.8 Å². The minimum absolute atomic E-state index is 0.0110. The van der Waals surface area contributed by atoms with Crippen molar-refractivity contribution in [3.05, 3.63) is 59.7 Å². The Kier molecular flexibility index (Phi) is 3.55. The van der Waals surface area contributed by atoms with E-state index in [1.807, 2.05) is 48.5 Å². The smallest absolute Gasteiger partial charge is 0.319 e. The maximum atomic E-state index is 11.8. The molecule has 2 aromatic carbocycles. The Labute approximate surface area is 122 Å². The summed E-state index contributed by atoms with van der Waals surface area (Å²) in [7, 11) is 0. The number of rotatable bonds is 3. The molecular formula is C16H15N3O2. The third-order valence-corrected chi connectivity index (χ3v) is 3.28. The highest BCUT2D eigenvalue weighted by atomic mass is 16.2. The molecule has 0 saturated carbocycles. The zero-order valence-electron chi connectivity index (χ0n) is 11.3. The van der Waals surface area contributed by atoms with Crippen LogP contribution in [0.3, 0.4) is 0 Å². The highest BCUT2D eigenvalue weighted by Gasteiger charge is 2.17. The molecule has 5 nitrogen and oxygen atoms in total. The van der Waals surface area contributed by atoms with Gasteiger partial charge in [0.25, 0.3) is 0 Å². The van der Waals surface area contributed by atoms with E-state index in [0.29, 0.717) is 13.0 Å². The van der Waals surface area contributed by atoms with Crippen LogP contribution in [0.1, 0.15) is 11.1 Å². The van der Waals surface area contributed by atoms with E-state index in [4.69, 9.17) is 0 Å². The molecule has 5 heteroatoms. The highest BCUT2D eigenvalue weighted by molar-refractivity contribution is 5.99. The van der Waals surface area contributed by atoms with Gasteiger partial charge >= 0.3 is 6.03 Å². The van der Waals surface area contributed by atoms with Gasteiger partial charge in [0.2, 0.25) is 5.91 Å². The van der Waals surface area contributed by atoms with Crippen LogP contribution >= 0.6 is 0 Å².